The van der Waals surface area contributed by atoms with Crippen LogP contribution in [0, 0.1) is 5.92 Å². The Morgan fingerprint density at radius 2 is 2.25 bits per heavy atom. The fourth-order valence-electron chi connectivity index (χ4n) is 2.33. The van der Waals surface area contributed by atoms with Crippen molar-refractivity contribution in [2.45, 2.75) is 17.9 Å². The molecule has 0 saturated carbocycles. The second-order valence-electron chi connectivity index (χ2n) is 4.92. The van der Waals surface area contributed by atoms with Crippen LogP contribution in [0.3, 0.4) is 0 Å². The van der Waals surface area contributed by atoms with E-state index in [1.807, 2.05) is 4.90 Å². The van der Waals surface area contributed by atoms with E-state index in [-0.39, 0.29) is 11.8 Å². The van der Waals surface area contributed by atoms with Gasteiger partial charge >= 0.3 is 0 Å². The highest BCUT2D eigenvalue weighted by Crippen LogP contribution is 2.19. The Balaban J connectivity index is 2.03. The third-order valence-electron chi connectivity index (χ3n) is 3.47. The first kappa shape index (κ1) is 15.1. The molecule has 108 valence electrons. The first-order valence-electron chi connectivity index (χ1n) is 6.85. The summed E-state index contributed by atoms with van der Waals surface area (Å²) in [7, 11) is 0. The summed E-state index contributed by atoms with van der Waals surface area (Å²) in [6.07, 6.45) is 4.67. The number of benzene rings is 1. The minimum Gasteiger partial charge on any atom is -0.381 e. The van der Waals surface area contributed by atoms with Crippen molar-refractivity contribution in [2.75, 3.05) is 26.0 Å². The van der Waals surface area contributed by atoms with E-state index in [1.54, 1.807) is 17.8 Å². The van der Waals surface area contributed by atoms with Crippen LogP contribution >= 0.6 is 11.8 Å². The van der Waals surface area contributed by atoms with Crippen LogP contribution in [0.1, 0.15) is 12.0 Å². The number of rotatable bonds is 6. The molecule has 0 N–H and O–H groups in total. The summed E-state index contributed by atoms with van der Waals surface area (Å²) in [6, 6.07) is 8.35. The van der Waals surface area contributed by atoms with Gasteiger partial charge in [0.25, 0.3) is 0 Å². The van der Waals surface area contributed by atoms with Crippen molar-refractivity contribution >= 4 is 17.7 Å². The Hall–Kier alpha value is -1.26. The van der Waals surface area contributed by atoms with Gasteiger partial charge in [0.05, 0.1) is 12.5 Å². The van der Waals surface area contributed by atoms with Crippen molar-refractivity contribution in [3.8, 4) is 0 Å². The van der Waals surface area contributed by atoms with Crippen molar-refractivity contribution in [3.05, 3.63) is 42.5 Å². The van der Waals surface area contributed by atoms with Gasteiger partial charge in [-0.1, -0.05) is 18.2 Å². The molecular weight excluding hydrogens is 270 g/mol. The number of hydrogen-bond acceptors (Lipinski definition) is 3. The van der Waals surface area contributed by atoms with Gasteiger partial charge in [0.15, 0.2) is 0 Å². The molecule has 1 atom stereocenters. The first-order valence-corrected chi connectivity index (χ1v) is 8.07. The molecule has 2 rings (SSSR count). The van der Waals surface area contributed by atoms with Crippen LogP contribution in [0.25, 0.3) is 0 Å². The molecule has 1 aliphatic heterocycles. The van der Waals surface area contributed by atoms with E-state index in [0.717, 1.165) is 12.0 Å². The number of ether oxygens (including phenoxy) is 1. The second-order valence-corrected chi connectivity index (χ2v) is 5.80. The molecule has 1 saturated heterocycles. The Kier molecular flexibility index (Phi) is 5.68. The highest BCUT2D eigenvalue weighted by atomic mass is 32.2. The molecule has 1 aromatic carbocycles. The molecule has 0 aromatic heterocycles. The molecule has 1 aliphatic rings. The first-order chi connectivity index (χ1) is 9.74. The predicted molar refractivity (Wildman–Crippen MR) is 82.8 cm³/mol. The van der Waals surface area contributed by atoms with Gasteiger partial charge in [0.1, 0.15) is 0 Å². The highest BCUT2D eigenvalue weighted by Gasteiger charge is 2.27. The van der Waals surface area contributed by atoms with E-state index in [1.165, 1.54) is 4.90 Å². The summed E-state index contributed by atoms with van der Waals surface area (Å²) >= 11 is 1.72. The maximum Gasteiger partial charge on any atom is 0.228 e. The average Bonchev–Trinajstić information content (AvgIpc) is 3.01. The van der Waals surface area contributed by atoms with Crippen LogP contribution in [0.4, 0.5) is 0 Å². The average molecular weight is 291 g/mol. The molecule has 1 fully saturated rings. The molecule has 0 aliphatic carbocycles. The van der Waals surface area contributed by atoms with Gasteiger partial charge in [-0.05, 0) is 30.4 Å². The fourth-order valence-corrected chi connectivity index (χ4v) is 2.74. The lowest BCUT2D eigenvalue weighted by Gasteiger charge is -2.24. The standard InChI is InChI=1S/C16H21NO2S/c1-3-9-17(16(18)14-8-10-19-12-14)11-13-4-6-15(20-2)7-5-13/h3-7,14H,1,8-12H2,2H3/t14-/m1/s1. The van der Waals surface area contributed by atoms with Crippen molar-refractivity contribution in [1.29, 1.82) is 0 Å². The summed E-state index contributed by atoms with van der Waals surface area (Å²) < 4.78 is 5.31. The number of nitrogens with zero attached hydrogens (tertiary/aromatic N) is 1. The van der Waals surface area contributed by atoms with E-state index in [4.69, 9.17) is 4.74 Å². The summed E-state index contributed by atoms with van der Waals surface area (Å²) in [5.74, 6) is 0.191. The summed E-state index contributed by atoms with van der Waals surface area (Å²) in [6.45, 7) is 6.22. The molecule has 1 amide bonds. The Morgan fingerprint density at radius 3 is 2.80 bits per heavy atom. The van der Waals surface area contributed by atoms with Crippen LogP contribution in [-0.2, 0) is 16.1 Å². The van der Waals surface area contributed by atoms with Crippen molar-refractivity contribution < 1.29 is 9.53 Å². The normalized spacial score (nSPS) is 17.9. The maximum atomic E-state index is 12.5. The quantitative estimate of drug-likeness (QED) is 0.596. The number of amides is 1. The SMILES string of the molecule is C=CCN(Cc1ccc(SC)cc1)C(=O)[C@@H]1CCOC1. The van der Waals surface area contributed by atoms with Crippen LogP contribution in [0.5, 0.6) is 0 Å². The van der Waals surface area contributed by atoms with Gasteiger partial charge in [0, 0.05) is 24.6 Å². The number of hydrogen-bond donors (Lipinski definition) is 0. The molecule has 0 radical (unpaired) electrons. The molecule has 1 heterocycles. The molecule has 1 aromatic rings. The van der Waals surface area contributed by atoms with Gasteiger partial charge in [-0.15, -0.1) is 18.3 Å². The smallest absolute Gasteiger partial charge is 0.228 e. The van der Waals surface area contributed by atoms with Crippen molar-refractivity contribution in [1.82, 2.24) is 4.90 Å². The van der Waals surface area contributed by atoms with Gasteiger partial charge in [-0.2, -0.15) is 0 Å². The Morgan fingerprint density at radius 1 is 1.50 bits per heavy atom. The number of carbonyl (C=O) groups is 1. The monoisotopic (exact) mass is 291 g/mol. The molecular formula is C16H21NO2S. The topological polar surface area (TPSA) is 29.5 Å². The minimum absolute atomic E-state index is 0.0143. The molecule has 20 heavy (non-hydrogen) atoms. The second kappa shape index (κ2) is 7.50. The zero-order valence-corrected chi connectivity index (χ0v) is 12.7. The summed E-state index contributed by atoms with van der Waals surface area (Å²) in [5, 5.41) is 0. The lowest BCUT2D eigenvalue weighted by molar-refractivity contribution is -0.135. The molecule has 0 spiro atoms. The Bertz CT molecular complexity index is 452. The van der Waals surface area contributed by atoms with Gasteiger partial charge in [-0.25, -0.2) is 0 Å². The van der Waals surface area contributed by atoms with E-state index in [9.17, 15) is 4.79 Å². The Labute approximate surface area is 125 Å². The number of carbonyl (C=O) groups excluding carboxylic acids is 1. The van der Waals surface area contributed by atoms with E-state index in [2.05, 4.69) is 37.1 Å². The molecule has 0 unspecified atom stereocenters. The summed E-state index contributed by atoms with van der Waals surface area (Å²) in [4.78, 5) is 15.6. The van der Waals surface area contributed by atoms with Crippen molar-refractivity contribution in [3.63, 3.8) is 0 Å². The number of thioether (sulfide) groups is 1. The van der Waals surface area contributed by atoms with Gasteiger partial charge < -0.3 is 9.64 Å². The fraction of sp³-hybridized carbons (Fsp3) is 0.438. The zero-order valence-electron chi connectivity index (χ0n) is 11.9. The largest absolute Gasteiger partial charge is 0.381 e. The molecule has 4 heteroatoms. The summed E-state index contributed by atoms with van der Waals surface area (Å²) in [5.41, 5.74) is 1.15. The van der Waals surface area contributed by atoms with E-state index in [0.29, 0.717) is 26.3 Å². The highest BCUT2D eigenvalue weighted by molar-refractivity contribution is 7.98. The van der Waals surface area contributed by atoms with Crippen LogP contribution in [-0.4, -0.2) is 36.8 Å². The van der Waals surface area contributed by atoms with Crippen LogP contribution in [0.2, 0.25) is 0 Å². The predicted octanol–water partition coefficient (Wildman–Crippen LogP) is 2.96. The van der Waals surface area contributed by atoms with Crippen molar-refractivity contribution in [2.24, 2.45) is 5.92 Å². The molecule has 3 nitrogen and oxygen atoms in total. The third-order valence-corrected chi connectivity index (χ3v) is 4.22. The van der Waals surface area contributed by atoms with E-state index < -0.39 is 0 Å². The van der Waals surface area contributed by atoms with E-state index >= 15 is 0 Å². The maximum absolute atomic E-state index is 12.5. The molecule has 0 bridgehead atoms. The third kappa shape index (κ3) is 3.87. The minimum atomic E-state index is 0.0143. The van der Waals surface area contributed by atoms with Gasteiger partial charge in [-0.3, -0.25) is 4.79 Å². The van der Waals surface area contributed by atoms with Crippen LogP contribution < -0.4 is 0 Å². The van der Waals surface area contributed by atoms with Crippen LogP contribution in [0.15, 0.2) is 41.8 Å². The zero-order chi connectivity index (χ0) is 14.4. The lowest BCUT2D eigenvalue weighted by atomic mass is 10.1. The lowest BCUT2D eigenvalue weighted by Crippen LogP contribution is -2.36. The van der Waals surface area contributed by atoms with Gasteiger partial charge in [0.2, 0.25) is 5.91 Å².